The van der Waals surface area contributed by atoms with Gasteiger partial charge in [0.05, 0.1) is 23.4 Å². The quantitative estimate of drug-likeness (QED) is 0.646. The summed E-state index contributed by atoms with van der Waals surface area (Å²) in [5.41, 5.74) is 0.761. The molecule has 1 aromatic carbocycles. The van der Waals surface area contributed by atoms with Crippen LogP contribution in [0.5, 0.6) is 0 Å². The lowest BCUT2D eigenvalue weighted by Gasteiger charge is -2.22. The van der Waals surface area contributed by atoms with Crippen molar-refractivity contribution in [3.8, 4) is 0 Å². The molecule has 0 bridgehead atoms. The van der Waals surface area contributed by atoms with Crippen LogP contribution in [0.2, 0.25) is 0 Å². The van der Waals surface area contributed by atoms with Crippen LogP contribution in [-0.4, -0.2) is 32.6 Å². The Morgan fingerprint density at radius 3 is 2.55 bits per heavy atom. The standard InChI is InChI=1S/C22H25FN4O2.CH2O/c1-22(2,29)17-11-19-14(13-27(26-19)16-6-4-3-5-7-16)10-20(17)25-21(28)18-9-8-15(23)12-24-18;1-2/h8-13,16,29H,3-7H2,1-2H3,(H,25,28);1H2. The maximum Gasteiger partial charge on any atom is 0.274 e. The lowest BCUT2D eigenvalue weighted by Crippen LogP contribution is -2.21. The largest absolute Gasteiger partial charge is 0.386 e. The molecule has 2 N–H and O–H groups in total. The van der Waals surface area contributed by atoms with Crippen molar-refractivity contribution in [2.24, 2.45) is 0 Å². The van der Waals surface area contributed by atoms with Gasteiger partial charge in [-0.1, -0.05) is 19.3 Å². The fourth-order valence-corrected chi connectivity index (χ4v) is 3.93. The second kappa shape index (κ2) is 9.34. The molecule has 31 heavy (non-hydrogen) atoms. The summed E-state index contributed by atoms with van der Waals surface area (Å²) in [7, 11) is 0. The Labute approximate surface area is 180 Å². The van der Waals surface area contributed by atoms with Crippen LogP contribution in [0.1, 0.15) is 68.0 Å². The zero-order valence-electron chi connectivity index (χ0n) is 17.8. The predicted octanol–water partition coefficient (Wildman–Crippen LogP) is 4.37. The fourth-order valence-electron chi connectivity index (χ4n) is 3.93. The summed E-state index contributed by atoms with van der Waals surface area (Å²) >= 11 is 0. The van der Waals surface area contributed by atoms with Crippen LogP contribution in [0.25, 0.3) is 10.9 Å². The van der Waals surface area contributed by atoms with Gasteiger partial charge < -0.3 is 15.2 Å². The minimum atomic E-state index is -1.18. The van der Waals surface area contributed by atoms with E-state index in [2.05, 4.69) is 10.3 Å². The molecule has 7 nitrogen and oxygen atoms in total. The zero-order chi connectivity index (χ0) is 22.6. The van der Waals surface area contributed by atoms with Crippen molar-refractivity contribution in [2.75, 3.05) is 5.32 Å². The minimum absolute atomic E-state index is 0.103. The number of nitrogens with zero attached hydrogens (tertiary/aromatic N) is 3. The number of anilines is 1. The van der Waals surface area contributed by atoms with E-state index in [9.17, 15) is 14.3 Å². The number of amides is 1. The van der Waals surface area contributed by atoms with Crippen LogP contribution in [-0.2, 0) is 10.4 Å². The lowest BCUT2D eigenvalue weighted by molar-refractivity contribution is -0.0980. The molecule has 0 unspecified atom stereocenters. The van der Waals surface area contributed by atoms with Crippen molar-refractivity contribution in [3.63, 3.8) is 0 Å². The Bertz CT molecular complexity index is 1050. The average Bonchev–Trinajstić information content (AvgIpc) is 3.18. The Balaban J connectivity index is 0.00000132. The van der Waals surface area contributed by atoms with Crippen LogP contribution in [0.4, 0.5) is 10.1 Å². The van der Waals surface area contributed by atoms with E-state index in [0.29, 0.717) is 17.3 Å². The molecule has 0 radical (unpaired) electrons. The summed E-state index contributed by atoms with van der Waals surface area (Å²) in [5, 5.41) is 19.1. The molecule has 164 valence electrons. The number of nitrogens with one attached hydrogen (secondary N) is 1. The second-order valence-electron chi connectivity index (χ2n) is 8.23. The number of carbonyl (C=O) groups is 2. The molecule has 4 rings (SSSR count). The molecule has 0 aliphatic heterocycles. The highest BCUT2D eigenvalue weighted by atomic mass is 19.1. The first kappa shape index (κ1) is 22.6. The van der Waals surface area contributed by atoms with Gasteiger partial charge in [-0.3, -0.25) is 9.48 Å². The highest BCUT2D eigenvalue weighted by Crippen LogP contribution is 2.34. The van der Waals surface area contributed by atoms with Gasteiger partial charge in [-0.25, -0.2) is 9.37 Å². The minimum Gasteiger partial charge on any atom is -0.386 e. The number of halogens is 1. The number of fused-ring (bicyclic) bond motifs is 1. The third kappa shape index (κ3) is 5.14. The molecule has 1 fully saturated rings. The van der Waals surface area contributed by atoms with Gasteiger partial charge >= 0.3 is 0 Å². The number of benzene rings is 1. The van der Waals surface area contributed by atoms with E-state index in [0.717, 1.165) is 29.9 Å². The van der Waals surface area contributed by atoms with Crippen molar-refractivity contribution >= 4 is 29.3 Å². The highest BCUT2D eigenvalue weighted by Gasteiger charge is 2.24. The number of aliphatic hydroxyl groups is 1. The summed E-state index contributed by atoms with van der Waals surface area (Å²) in [4.78, 5) is 24.4. The molecule has 0 atom stereocenters. The van der Waals surface area contributed by atoms with E-state index >= 15 is 0 Å². The maximum atomic E-state index is 13.1. The number of hydrogen-bond donors (Lipinski definition) is 2. The Morgan fingerprint density at radius 2 is 1.94 bits per heavy atom. The molecule has 0 spiro atoms. The first-order valence-corrected chi connectivity index (χ1v) is 10.3. The van der Waals surface area contributed by atoms with E-state index in [-0.39, 0.29) is 5.69 Å². The summed E-state index contributed by atoms with van der Waals surface area (Å²) in [5.74, 6) is -0.968. The zero-order valence-corrected chi connectivity index (χ0v) is 17.8. The van der Waals surface area contributed by atoms with Crippen molar-refractivity contribution in [1.29, 1.82) is 0 Å². The third-order valence-corrected chi connectivity index (χ3v) is 5.48. The lowest BCUT2D eigenvalue weighted by atomic mass is 9.95. The molecule has 1 aliphatic rings. The van der Waals surface area contributed by atoms with Gasteiger partial charge in [0.1, 0.15) is 18.3 Å². The Hall–Kier alpha value is -3.13. The molecule has 8 heteroatoms. The van der Waals surface area contributed by atoms with Crippen molar-refractivity contribution < 1.29 is 19.1 Å². The van der Waals surface area contributed by atoms with Crippen LogP contribution in [0.15, 0.2) is 36.7 Å². The second-order valence-corrected chi connectivity index (χ2v) is 8.23. The highest BCUT2D eigenvalue weighted by molar-refractivity contribution is 6.04. The topological polar surface area (TPSA) is 97.1 Å². The van der Waals surface area contributed by atoms with Crippen molar-refractivity contribution in [2.45, 2.75) is 57.6 Å². The molecule has 1 aliphatic carbocycles. The van der Waals surface area contributed by atoms with Gasteiger partial charge in [-0.15, -0.1) is 0 Å². The number of rotatable bonds is 4. The van der Waals surface area contributed by atoms with Crippen LogP contribution in [0, 0.1) is 5.82 Å². The molecule has 1 saturated carbocycles. The molecular weight excluding hydrogens is 399 g/mol. The van der Waals surface area contributed by atoms with Crippen LogP contribution in [0.3, 0.4) is 0 Å². The Kier molecular flexibility index (Phi) is 6.80. The fraction of sp³-hybridized carbons (Fsp3) is 0.391. The SMILES string of the molecule is C=O.CC(C)(O)c1cc2nn(C3CCCCC3)cc2cc1NC(=O)c1ccc(F)cn1. The van der Waals surface area contributed by atoms with Crippen molar-refractivity contribution in [1.82, 2.24) is 14.8 Å². The van der Waals surface area contributed by atoms with E-state index < -0.39 is 17.3 Å². The molecule has 2 heterocycles. The van der Waals surface area contributed by atoms with Crippen LogP contribution < -0.4 is 5.32 Å². The van der Waals surface area contributed by atoms with Crippen molar-refractivity contribution in [3.05, 3.63) is 53.7 Å². The number of pyridine rings is 1. The summed E-state index contributed by atoms with van der Waals surface area (Å²) < 4.78 is 15.1. The van der Waals surface area contributed by atoms with Crippen LogP contribution >= 0.6 is 0 Å². The van der Waals surface area contributed by atoms with Gasteiger partial charge in [0.2, 0.25) is 0 Å². The van der Waals surface area contributed by atoms with Gasteiger partial charge in [0, 0.05) is 22.8 Å². The van der Waals surface area contributed by atoms with E-state index in [1.165, 1.54) is 31.4 Å². The molecular formula is C23H27FN4O3. The number of aromatic nitrogens is 3. The van der Waals surface area contributed by atoms with E-state index in [1.54, 1.807) is 13.8 Å². The molecule has 2 aromatic heterocycles. The average molecular weight is 426 g/mol. The van der Waals surface area contributed by atoms with Gasteiger partial charge in [-0.2, -0.15) is 5.10 Å². The number of carbonyl (C=O) groups excluding carboxylic acids is 2. The van der Waals surface area contributed by atoms with Gasteiger partial charge in [0.25, 0.3) is 5.91 Å². The summed E-state index contributed by atoms with van der Waals surface area (Å²) in [6.07, 6.45) is 8.93. The van der Waals surface area contributed by atoms with E-state index in [1.807, 2.05) is 29.8 Å². The smallest absolute Gasteiger partial charge is 0.274 e. The van der Waals surface area contributed by atoms with Gasteiger partial charge in [0.15, 0.2) is 0 Å². The van der Waals surface area contributed by atoms with E-state index in [4.69, 9.17) is 9.89 Å². The first-order valence-electron chi connectivity index (χ1n) is 10.3. The normalized spacial score (nSPS) is 14.7. The molecule has 0 saturated heterocycles. The number of hydrogen-bond acceptors (Lipinski definition) is 5. The first-order chi connectivity index (χ1) is 14.8. The summed E-state index contributed by atoms with van der Waals surface area (Å²) in [6.45, 7) is 5.33. The predicted molar refractivity (Wildman–Crippen MR) is 116 cm³/mol. The monoisotopic (exact) mass is 426 g/mol. The third-order valence-electron chi connectivity index (χ3n) is 5.48. The molecule has 1 amide bonds. The maximum absolute atomic E-state index is 13.1. The Morgan fingerprint density at radius 1 is 1.23 bits per heavy atom. The summed E-state index contributed by atoms with van der Waals surface area (Å²) in [6, 6.07) is 6.56. The molecule has 3 aromatic rings. The van der Waals surface area contributed by atoms with Gasteiger partial charge in [-0.05, 0) is 51.0 Å².